The van der Waals surface area contributed by atoms with Crippen molar-refractivity contribution in [2.75, 3.05) is 19.6 Å². The molecule has 2 atom stereocenters. The summed E-state index contributed by atoms with van der Waals surface area (Å²) in [5, 5.41) is 7.16. The number of benzene rings is 1. The fourth-order valence-corrected chi connectivity index (χ4v) is 2.88. The normalized spacial score (nSPS) is 20.0. The van der Waals surface area contributed by atoms with Gasteiger partial charge < -0.3 is 10.6 Å². The molecule has 0 bridgehead atoms. The molecule has 106 valence electrons. The van der Waals surface area contributed by atoms with E-state index >= 15 is 0 Å². The fraction of sp³-hybridized carbons (Fsp3) is 0.647. The lowest BCUT2D eigenvalue weighted by atomic mass is 9.84. The third-order valence-corrected chi connectivity index (χ3v) is 4.08. The van der Waals surface area contributed by atoms with Crippen LogP contribution in [0.5, 0.6) is 0 Å². The summed E-state index contributed by atoms with van der Waals surface area (Å²) in [6, 6.07) is 9.50. The minimum atomic E-state index is 0.573. The van der Waals surface area contributed by atoms with Gasteiger partial charge in [0.05, 0.1) is 0 Å². The lowest BCUT2D eigenvalue weighted by Crippen LogP contribution is -2.40. The quantitative estimate of drug-likeness (QED) is 0.737. The van der Waals surface area contributed by atoms with E-state index in [2.05, 4.69) is 48.7 Å². The molecule has 0 aliphatic heterocycles. The second-order valence-corrected chi connectivity index (χ2v) is 5.89. The molecule has 0 heterocycles. The molecule has 0 aromatic heterocycles. The molecule has 0 radical (unpaired) electrons. The Morgan fingerprint density at radius 1 is 1.26 bits per heavy atom. The van der Waals surface area contributed by atoms with E-state index in [1.165, 1.54) is 25.7 Å². The molecule has 2 rings (SSSR count). The van der Waals surface area contributed by atoms with Gasteiger partial charge in [0.25, 0.3) is 0 Å². The first kappa shape index (κ1) is 14.5. The number of fused-ring (bicyclic) bond motifs is 1. The van der Waals surface area contributed by atoms with Gasteiger partial charge in [0.2, 0.25) is 0 Å². The van der Waals surface area contributed by atoms with E-state index in [9.17, 15) is 0 Å². The maximum atomic E-state index is 3.68. The fourth-order valence-electron chi connectivity index (χ4n) is 2.88. The SMILES string of the molecule is CCCNCC(C)NCC1CCc2ccccc2C1. The number of rotatable bonds is 7. The van der Waals surface area contributed by atoms with Gasteiger partial charge in [-0.25, -0.2) is 0 Å². The van der Waals surface area contributed by atoms with E-state index in [-0.39, 0.29) is 0 Å². The Kier molecular flexibility index (Phi) is 5.87. The highest BCUT2D eigenvalue weighted by Crippen LogP contribution is 2.24. The third-order valence-electron chi connectivity index (χ3n) is 4.08. The van der Waals surface area contributed by atoms with Crippen molar-refractivity contribution >= 4 is 0 Å². The third kappa shape index (κ3) is 4.63. The summed E-state index contributed by atoms with van der Waals surface area (Å²) in [6.07, 6.45) is 5.05. The van der Waals surface area contributed by atoms with Crippen LogP contribution in [0, 0.1) is 5.92 Å². The van der Waals surface area contributed by atoms with Gasteiger partial charge in [0.15, 0.2) is 0 Å². The average molecular weight is 260 g/mol. The number of nitrogens with one attached hydrogen (secondary N) is 2. The van der Waals surface area contributed by atoms with Crippen molar-refractivity contribution in [3.63, 3.8) is 0 Å². The Labute approximate surface area is 118 Å². The summed E-state index contributed by atoms with van der Waals surface area (Å²) in [7, 11) is 0. The van der Waals surface area contributed by atoms with Crippen molar-refractivity contribution in [3.05, 3.63) is 35.4 Å². The average Bonchev–Trinajstić information content (AvgIpc) is 2.45. The van der Waals surface area contributed by atoms with Crippen LogP contribution in [0.2, 0.25) is 0 Å². The Hall–Kier alpha value is -0.860. The predicted molar refractivity (Wildman–Crippen MR) is 82.6 cm³/mol. The van der Waals surface area contributed by atoms with Crippen LogP contribution in [0.15, 0.2) is 24.3 Å². The minimum absolute atomic E-state index is 0.573. The largest absolute Gasteiger partial charge is 0.315 e. The number of hydrogen-bond donors (Lipinski definition) is 2. The summed E-state index contributed by atoms with van der Waals surface area (Å²) < 4.78 is 0. The molecule has 19 heavy (non-hydrogen) atoms. The van der Waals surface area contributed by atoms with Gasteiger partial charge in [-0.05, 0) is 62.7 Å². The Morgan fingerprint density at radius 2 is 2.05 bits per heavy atom. The van der Waals surface area contributed by atoms with Gasteiger partial charge in [-0.3, -0.25) is 0 Å². The summed E-state index contributed by atoms with van der Waals surface area (Å²) >= 11 is 0. The van der Waals surface area contributed by atoms with Crippen molar-refractivity contribution in [1.82, 2.24) is 10.6 Å². The van der Waals surface area contributed by atoms with E-state index in [0.29, 0.717) is 6.04 Å². The number of hydrogen-bond acceptors (Lipinski definition) is 2. The zero-order valence-corrected chi connectivity index (χ0v) is 12.4. The Morgan fingerprint density at radius 3 is 2.84 bits per heavy atom. The maximum absolute atomic E-state index is 3.68. The molecule has 0 amide bonds. The monoisotopic (exact) mass is 260 g/mol. The first-order valence-corrected chi connectivity index (χ1v) is 7.80. The summed E-state index contributed by atoms with van der Waals surface area (Å²) in [5.41, 5.74) is 3.13. The van der Waals surface area contributed by atoms with Crippen LogP contribution in [-0.4, -0.2) is 25.7 Å². The Balaban J connectivity index is 1.70. The molecule has 0 saturated carbocycles. The van der Waals surface area contributed by atoms with Crippen molar-refractivity contribution in [3.8, 4) is 0 Å². The predicted octanol–water partition coefficient (Wildman–Crippen LogP) is 2.77. The highest BCUT2D eigenvalue weighted by molar-refractivity contribution is 5.29. The van der Waals surface area contributed by atoms with Crippen molar-refractivity contribution < 1.29 is 0 Å². The van der Waals surface area contributed by atoms with Crippen LogP contribution in [0.1, 0.15) is 37.8 Å². The second-order valence-electron chi connectivity index (χ2n) is 5.89. The molecule has 0 saturated heterocycles. The summed E-state index contributed by atoms with van der Waals surface area (Å²) in [5.74, 6) is 0.809. The first-order chi connectivity index (χ1) is 9.29. The molecule has 1 aliphatic rings. The topological polar surface area (TPSA) is 24.1 Å². The van der Waals surface area contributed by atoms with E-state index in [1.807, 2.05) is 0 Å². The highest BCUT2D eigenvalue weighted by atomic mass is 15.0. The second kappa shape index (κ2) is 7.66. The van der Waals surface area contributed by atoms with Crippen LogP contribution in [-0.2, 0) is 12.8 Å². The molecule has 2 unspecified atom stereocenters. The van der Waals surface area contributed by atoms with Crippen molar-refractivity contribution in [1.29, 1.82) is 0 Å². The van der Waals surface area contributed by atoms with Crippen molar-refractivity contribution in [2.45, 2.75) is 45.6 Å². The lowest BCUT2D eigenvalue weighted by molar-refractivity contribution is 0.391. The van der Waals surface area contributed by atoms with Gasteiger partial charge in [0.1, 0.15) is 0 Å². The molecule has 0 spiro atoms. The van der Waals surface area contributed by atoms with Gasteiger partial charge in [-0.1, -0.05) is 31.2 Å². The highest BCUT2D eigenvalue weighted by Gasteiger charge is 2.18. The van der Waals surface area contributed by atoms with Crippen LogP contribution in [0.3, 0.4) is 0 Å². The van der Waals surface area contributed by atoms with E-state index in [4.69, 9.17) is 0 Å². The van der Waals surface area contributed by atoms with Crippen LogP contribution < -0.4 is 10.6 Å². The molecule has 1 aliphatic carbocycles. The summed E-state index contributed by atoms with van der Waals surface area (Å²) in [4.78, 5) is 0. The van der Waals surface area contributed by atoms with Gasteiger partial charge in [-0.2, -0.15) is 0 Å². The van der Waals surface area contributed by atoms with E-state index in [1.54, 1.807) is 11.1 Å². The van der Waals surface area contributed by atoms with E-state index in [0.717, 1.165) is 25.6 Å². The molecule has 1 aromatic rings. The molecular weight excluding hydrogens is 232 g/mol. The van der Waals surface area contributed by atoms with Gasteiger partial charge >= 0.3 is 0 Å². The zero-order chi connectivity index (χ0) is 13.5. The molecule has 2 N–H and O–H groups in total. The van der Waals surface area contributed by atoms with Crippen molar-refractivity contribution in [2.24, 2.45) is 5.92 Å². The minimum Gasteiger partial charge on any atom is -0.315 e. The zero-order valence-electron chi connectivity index (χ0n) is 12.4. The first-order valence-electron chi connectivity index (χ1n) is 7.80. The van der Waals surface area contributed by atoms with E-state index < -0.39 is 0 Å². The lowest BCUT2D eigenvalue weighted by Gasteiger charge is -2.26. The molecule has 2 nitrogen and oxygen atoms in total. The maximum Gasteiger partial charge on any atom is 0.0164 e. The van der Waals surface area contributed by atoms with Gasteiger partial charge in [-0.15, -0.1) is 0 Å². The van der Waals surface area contributed by atoms with Gasteiger partial charge in [0, 0.05) is 12.6 Å². The Bertz CT molecular complexity index is 375. The van der Waals surface area contributed by atoms with Crippen LogP contribution in [0.25, 0.3) is 0 Å². The smallest absolute Gasteiger partial charge is 0.0164 e. The molecule has 1 aromatic carbocycles. The molecule has 2 heteroatoms. The molecule has 0 fully saturated rings. The number of aryl methyl sites for hydroxylation is 1. The van der Waals surface area contributed by atoms with Crippen LogP contribution >= 0.6 is 0 Å². The summed E-state index contributed by atoms with van der Waals surface area (Å²) in [6.45, 7) is 7.85. The standard InChI is InChI=1S/C17H28N2/c1-3-10-18-12-14(2)19-13-15-8-9-16-6-4-5-7-17(16)11-15/h4-7,14-15,18-19H,3,8-13H2,1-2H3. The van der Waals surface area contributed by atoms with Crippen LogP contribution in [0.4, 0.5) is 0 Å². The molecular formula is C17H28N2.